The van der Waals surface area contributed by atoms with Gasteiger partial charge in [-0.2, -0.15) is 5.26 Å². The second kappa shape index (κ2) is 7.48. The number of nitrogens with one attached hydrogen (secondary N) is 1. The molecule has 1 aromatic heterocycles. The van der Waals surface area contributed by atoms with Crippen LogP contribution in [0.2, 0.25) is 0 Å². The smallest absolute Gasteiger partial charge is 0.261 e. The average Bonchev–Trinajstić information content (AvgIpc) is 3.10. The lowest BCUT2D eigenvalue weighted by atomic mass is 10.1. The fourth-order valence-corrected chi connectivity index (χ4v) is 3.19. The molecule has 1 aliphatic rings. The van der Waals surface area contributed by atoms with Crippen LogP contribution in [0.15, 0.2) is 28.7 Å². The molecule has 142 valence electrons. The average molecular weight is 379 g/mol. The lowest BCUT2D eigenvalue weighted by molar-refractivity contribution is -0.116. The highest BCUT2D eigenvalue weighted by atomic mass is 16.4. The van der Waals surface area contributed by atoms with Gasteiger partial charge in [0.25, 0.3) is 11.8 Å². The summed E-state index contributed by atoms with van der Waals surface area (Å²) in [5.41, 5.74) is 0.847. The normalized spacial score (nSPS) is 12.7. The number of imide groups is 1. The molecular weight excluding hydrogens is 362 g/mol. The SMILES string of the molecule is CC(=O)c1c(C)oc(NC(=O)CCCN2C(=O)c3ccccc3C2=O)c1C#N. The summed E-state index contributed by atoms with van der Waals surface area (Å²) in [6.07, 6.45) is 0.256. The number of carbonyl (C=O) groups excluding carboxylic acids is 4. The molecule has 2 heterocycles. The summed E-state index contributed by atoms with van der Waals surface area (Å²) >= 11 is 0. The third-order valence-corrected chi connectivity index (χ3v) is 4.46. The number of amides is 3. The minimum atomic E-state index is -0.447. The Morgan fingerprint density at radius 3 is 2.32 bits per heavy atom. The van der Waals surface area contributed by atoms with E-state index in [2.05, 4.69) is 5.32 Å². The largest absolute Gasteiger partial charge is 0.443 e. The van der Waals surface area contributed by atoms with Gasteiger partial charge >= 0.3 is 0 Å². The zero-order valence-electron chi connectivity index (χ0n) is 15.4. The molecule has 0 unspecified atom stereocenters. The molecule has 3 rings (SSSR count). The Morgan fingerprint density at radius 1 is 1.18 bits per heavy atom. The van der Waals surface area contributed by atoms with Gasteiger partial charge in [0, 0.05) is 13.0 Å². The maximum Gasteiger partial charge on any atom is 0.261 e. The highest BCUT2D eigenvalue weighted by Gasteiger charge is 2.34. The zero-order chi connectivity index (χ0) is 20.4. The summed E-state index contributed by atoms with van der Waals surface area (Å²) in [6, 6.07) is 8.43. The van der Waals surface area contributed by atoms with E-state index < -0.39 is 5.91 Å². The lowest BCUT2D eigenvalue weighted by Gasteiger charge is -2.13. The molecule has 1 N–H and O–H groups in total. The highest BCUT2D eigenvalue weighted by Crippen LogP contribution is 2.27. The van der Waals surface area contributed by atoms with Crippen LogP contribution >= 0.6 is 0 Å². The lowest BCUT2D eigenvalue weighted by Crippen LogP contribution is -2.31. The number of rotatable bonds is 6. The number of fused-ring (bicyclic) bond motifs is 1. The van der Waals surface area contributed by atoms with Crippen molar-refractivity contribution in [2.75, 3.05) is 11.9 Å². The summed E-state index contributed by atoms with van der Waals surface area (Å²) < 4.78 is 5.33. The molecule has 0 fully saturated rings. The number of nitrogens with zero attached hydrogens (tertiary/aromatic N) is 2. The van der Waals surface area contributed by atoms with Gasteiger partial charge in [0.05, 0.1) is 16.7 Å². The monoisotopic (exact) mass is 379 g/mol. The Balaban J connectivity index is 1.60. The second-order valence-electron chi connectivity index (χ2n) is 6.36. The first kappa shape index (κ1) is 19.0. The molecule has 1 aliphatic heterocycles. The summed E-state index contributed by atoms with van der Waals surface area (Å²) in [7, 11) is 0. The van der Waals surface area contributed by atoms with Crippen molar-refractivity contribution >= 4 is 29.4 Å². The Labute approximate surface area is 160 Å². The number of hydrogen-bond donors (Lipinski definition) is 1. The first-order valence-corrected chi connectivity index (χ1v) is 8.64. The van der Waals surface area contributed by atoms with Crippen molar-refractivity contribution in [2.45, 2.75) is 26.7 Å². The Hall–Kier alpha value is -3.73. The van der Waals surface area contributed by atoms with Gasteiger partial charge in [-0.1, -0.05) is 12.1 Å². The first-order chi connectivity index (χ1) is 13.3. The second-order valence-corrected chi connectivity index (χ2v) is 6.36. The van der Waals surface area contributed by atoms with Crippen LogP contribution in [-0.4, -0.2) is 34.9 Å². The first-order valence-electron chi connectivity index (χ1n) is 8.64. The maximum atomic E-state index is 12.3. The van der Waals surface area contributed by atoms with E-state index >= 15 is 0 Å². The number of aryl methyl sites for hydroxylation is 1. The van der Waals surface area contributed by atoms with Crippen LogP contribution < -0.4 is 5.32 Å². The standard InChI is InChI=1S/C20H17N3O5/c1-11(24)17-12(2)28-18(15(17)10-21)22-16(25)8-5-9-23-19(26)13-6-3-4-7-14(13)20(23)27/h3-4,6-7H,5,8-9H2,1-2H3,(H,22,25). The van der Waals surface area contributed by atoms with Gasteiger partial charge in [0.15, 0.2) is 5.78 Å². The highest BCUT2D eigenvalue weighted by molar-refractivity contribution is 6.21. The van der Waals surface area contributed by atoms with Crippen LogP contribution in [0.4, 0.5) is 5.88 Å². The number of benzene rings is 1. The zero-order valence-corrected chi connectivity index (χ0v) is 15.4. The van der Waals surface area contributed by atoms with Gasteiger partial charge in [-0.05, 0) is 32.4 Å². The third-order valence-electron chi connectivity index (χ3n) is 4.46. The number of furan rings is 1. The van der Waals surface area contributed by atoms with E-state index in [0.717, 1.165) is 4.90 Å². The Bertz CT molecular complexity index is 1010. The summed E-state index contributed by atoms with van der Waals surface area (Å²) in [5, 5.41) is 11.7. The predicted octanol–water partition coefficient (Wildman–Crippen LogP) is 2.68. The molecule has 28 heavy (non-hydrogen) atoms. The van der Waals surface area contributed by atoms with Crippen molar-refractivity contribution in [3.8, 4) is 6.07 Å². The molecule has 8 nitrogen and oxygen atoms in total. The number of Topliss-reactive ketones (excluding diaryl/α,β-unsaturated/α-hetero) is 1. The van der Waals surface area contributed by atoms with E-state index in [1.807, 2.05) is 6.07 Å². The molecule has 0 bridgehead atoms. The van der Waals surface area contributed by atoms with Crippen molar-refractivity contribution in [3.05, 3.63) is 52.3 Å². The van der Waals surface area contributed by atoms with Crippen molar-refractivity contribution < 1.29 is 23.6 Å². The van der Waals surface area contributed by atoms with E-state index in [9.17, 15) is 24.4 Å². The van der Waals surface area contributed by atoms with Crippen LogP contribution in [0.25, 0.3) is 0 Å². The molecule has 0 atom stereocenters. The quantitative estimate of drug-likeness (QED) is 0.608. The number of anilines is 1. The molecule has 2 aromatic rings. The van der Waals surface area contributed by atoms with Crippen LogP contribution in [0, 0.1) is 18.3 Å². The topological polar surface area (TPSA) is 120 Å². The van der Waals surface area contributed by atoms with E-state index in [4.69, 9.17) is 4.42 Å². The fourth-order valence-electron chi connectivity index (χ4n) is 3.19. The van der Waals surface area contributed by atoms with Crippen LogP contribution in [0.3, 0.4) is 0 Å². The third kappa shape index (κ3) is 3.30. The maximum absolute atomic E-state index is 12.3. The molecular formula is C20H17N3O5. The number of ketones is 1. The molecule has 0 aliphatic carbocycles. The van der Waals surface area contributed by atoms with E-state index in [0.29, 0.717) is 11.1 Å². The number of nitriles is 1. The summed E-state index contributed by atoms with van der Waals surface area (Å²) in [5.74, 6) is -1.34. The predicted molar refractivity (Wildman–Crippen MR) is 97.8 cm³/mol. The van der Waals surface area contributed by atoms with Crippen LogP contribution in [0.1, 0.15) is 62.2 Å². The Morgan fingerprint density at radius 2 is 1.79 bits per heavy atom. The van der Waals surface area contributed by atoms with E-state index in [1.54, 1.807) is 24.3 Å². The van der Waals surface area contributed by atoms with Crippen molar-refractivity contribution in [3.63, 3.8) is 0 Å². The van der Waals surface area contributed by atoms with Crippen molar-refractivity contribution in [2.24, 2.45) is 0 Å². The van der Waals surface area contributed by atoms with Gasteiger partial charge in [0.2, 0.25) is 11.8 Å². The molecule has 0 saturated carbocycles. The minimum absolute atomic E-state index is 0.00737. The van der Waals surface area contributed by atoms with Crippen LogP contribution in [-0.2, 0) is 4.79 Å². The summed E-state index contributed by atoms with van der Waals surface area (Å²) in [4.78, 5) is 49.5. The minimum Gasteiger partial charge on any atom is -0.443 e. The number of hydrogen-bond acceptors (Lipinski definition) is 6. The van der Waals surface area contributed by atoms with Gasteiger partial charge in [-0.3, -0.25) is 29.4 Å². The molecule has 0 saturated heterocycles. The van der Waals surface area contributed by atoms with E-state index in [-0.39, 0.29) is 59.8 Å². The molecule has 0 radical (unpaired) electrons. The molecule has 1 aromatic carbocycles. The Kier molecular flexibility index (Phi) is 5.09. The van der Waals surface area contributed by atoms with Gasteiger partial charge in [-0.15, -0.1) is 0 Å². The number of carbonyl (C=O) groups is 4. The molecule has 0 spiro atoms. The van der Waals surface area contributed by atoms with Crippen molar-refractivity contribution in [1.29, 1.82) is 5.26 Å². The molecule has 8 heteroatoms. The van der Waals surface area contributed by atoms with Gasteiger partial charge in [-0.25, -0.2) is 0 Å². The van der Waals surface area contributed by atoms with Gasteiger partial charge in [0.1, 0.15) is 17.4 Å². The summed E-state index contributed by atoms with van der Waals surface area (Å²) in [6.45, 7) is 2.95. The fraction of sp³-hybridized carbons (Fsp3) is 0.250. The van der Waals surface area contributed by atoms with Gasteiger partial charge < -0.3 is 4.42 Å². The molecule has 3 amide bonds. The van der Waals surface area contributed by atoms with Crippen LogP contribution in [0.5, 0.6) is 0 Å². The van der Waals surface area contributed by atoms with E-state index in [1.165, 1.54) is 13.8 Å². The van der Waals surface area contributed by atoms with Crippen molar-refractivity contribution in [1.82, 2.24) is 4.90 Å².